The van der Waals surface area contributed by atoms with E-state index < -0.39 is 0 Å². The van der Waals surface area contributed by atoms with Gasteiger partial charge in [-0.1, -0.05) is 6.92 Å². The molecule has 19 heavy (non-hydrogen) atoms. The van der Waals surface area contributed by atoms with E-state index in [0.29, 0.717) is 23.5 Å². The molecule has 0 spiro atoms. The van der Waals surface area contributed by atoms with E-state index >= 15 is 0 Å². The number of aryl methyl sites for hydroxylation is 2. The lowest BCUT2D eigenvalue weighted by Gasteiger charge is -2.17. The maximum absolute atomic E-state index is 12.5. The van der Waals surface area contributed by atoms with Crippen molar-refractivity contribution < 1.29 is 4.79 Å². The zero-order chi connectivity index (χ0) is 14.0. The lowest BCUT2D eigenvalue weighted by molar-refractivity contribution is 0.0985. The minimum Gasteiger partial charge on any atom is -0.395 e. The molecule has 0 aliphatic heterocycles. The van der Waals surface area contributed by atoms with Crippen LogP contribution in [0.25, 0.3) is 0 Å². The number of nitrogens with zero attached hydrogens (tertiary/aromatic N) is 4. The number of rotatable bonds is 3. The van der Waals surface area contributed by atoms with E-state index in [-0.39, 0.29) is 5.91 Å². The van der Waals surface area contributed by atoms with Gasteiger partial charge in [0.2, 0.25) is 0 Å². The average Bonchev–Trinajstić information content (AvgIpc) is 2.72. The molecule has 0 atom stereocenters. The molecule has 2 rings (SSSR count). The van der Waals surface area contributed by atoms with Crippen molar-refractivity contribution in [2.24, 2.45) is 7.05 Å². The Hall–Kier alpha value is -2.37. The second kappa shape index (κ2) is 5.09. The van der Waals surface area contributed by atoms with E-state index in [4.69, 9.17) is 5.73 Å². The van der Waals surface area contributed by atoms with Gasteiger partial charge in [-0.05, 0) is 18.6 Å². The molecule has 0 aliphatic rings. The van der Waals surface area contributed by atoms with E-state index in [2.05, 4.69) is 10.1 Å². The largest absolute Gasteiger partial charge is 0.395 e. The van der Waals surface area contributed by atoms with Gasteiger partial charge in [-0.3, -0.25) is 14.5 Å². The van der Waals surface area contributed by atoms with Crippen molar-refractivity contribution >= 4 is 17.3 Å². The van der Waals surface area contributed by atoms with Crippen LogP contribution in [0, 0.1) is 0 Å². The van der Waals surface area contributed by atoms with Gasteiger partial charge < -0.3 is 10.6 Å². The van der Waals surface area contributed by atoms with Gasteiger partial charge in [0.25, 0.3) is 5.91 Å². The molecule has 2 aromatic rings. The van der Waals surface area contributed by atoms with E-state index in [9.17, 15) is 4.79 Å². The van der Waals surface area contributed by atoms with Gasteiger partial charge in [-0.2, -0.15) is 5.10 Å². The van der Waals surface area contributed by atoms with Gasteiger partial charge in [0.15, 0.2) is 0 Å². The highest BCUT2D eigenvalue weighted by Gasteiger charge is 2.22. The molecule has 0 saturated heterocycles. The summed E-state index contributed by atoms with van der Waals surface area (Å²) < 4.78 is 1.53. The number of nitrogen functional groups attached to an aromatic ring is 1. The number of carbonyl (C=O) groups excluding carboxylic acids is 1. The van der Waals surface area contributed by atoms with Crippen molar-refractivity contribution in [3.8, 4) is 0 Å². The van der Waals surface area contributed by atoms with Crippen molar-refractivity contribution in [2.45, 2.75) is 13.3 Å². The summed E-state index contributed by atoms with van der Waals surface area (Å²) in [6, 6.07) is 3.60. The van der Waals surface area contributed by atoms with E-state index in [1.54, 1.807) is 32.6 Å². The summed E-state index contributed by atoms with van der Waals surface area (Å²) in [6.07, 6.45) is 3.99. The monoisotopic (exact) mass is 259 g/mol. The summed E-state index contributed by atoms with van der Waals surface area (Å²) in [5.41, 5.74) is 8.30. The molecular formula is C13H17N5O. The molecule has 0 unspecified atom stereocenters. The first kappa shape index (κ1) is 13.1. The Balaban J connectivity index is 2.37. The van der Waals surface area contributed by atoms with Crippen LogP contribution in [-0.4, -0.2) is 27.7 Å². The first-order valence-corrected chi connectivity index (χ1v) is 6.05. The third kappa shape index (κ3) is 2.29. The van der Waals surface area contributed by atoms with Crippen LogP contribution in [0.4, 0.5) is 11.4 Å². The minimum atomic E-state index is -0.194. The third-order valence-corrected chi connectivity index (χ3v) is 3.04. The maximum atomic E-state index is 12.5. The van der Waals surface area contributed by atoms with Gasteiger partial charge in [0.05, 0.1) is 23.3 Å². The molecule has 100 valence electrons. The Morgan fingerprint density at radius 2 is 2.26 bits per heavy atom. The minimum absolute atomic E-state index is 0.194. The van der Waals surface area contributed by atoms with E-state index in [1.807, 2.05) is 13.0 Å². The molecule has 0 saturated carbocycles. The molecule has 2 heterocycles. The van der Waals surface area contributed by atoms with Crippen LogP contribution in [0.3, 0.4) is 0 Å². The molecule has 2 N–H and O–H groups in total. The Bertz CT molecular complexity index is 591. The summed E-state index contributed by atoms with van der Waals surface area (Å²) in [4.78, 5) is 18.0. The summed E-state index contributed by atoms with van der Waals surface area (Å²) in [6.45, 7) is 1.96. The molecule has 6 heteroatoms. The molecule has 2 aromatic heterocycles. The first-order chi connectivity index (χ1) is 9.06. The Kier molecular flexibility index (Phi) is 3.50. The smallest absolute Gasteiger partial charge is 0.278 e. The van der Waals surface area contributed by atoms with Crippen LogP contribution in [0.5, 0.6) is 0 Å². The van der Waals surface area contributed by atoms with Crippen LogP contribution < -0.4 is 10.6 Å². The Labute approximate surface area is 111 Å². The number of nitrogens with two attached hydrogens (primary N) is 1. The van der Waals surface area contributed by atoms with Gasteiger partial charge in [-0.25, -0.2) is 0 Å². The van der Waals surface area contributed by atoms with Crippen molar-refractivity contribution in [3.63, 3.8) is 0 Å². The Morgan fingerprint density at radius 3 is 2.79 bits per heavy atom. The number of hydrogen-bond donors (Lipinski definition) is 1. The van der Waals surface area contributed by atoms with Crippen LogP contribution >= 0.6 is 0 Å². The predicted molar refractivity (Wildman–Crippen MR) is 74.0 cm³/mol. The summed E-state index contributed by atoms with van der Waals surface area (Å²) in [5, 5.41) is 4.25. The average molecular weight is 259 g/mol. The van der Waals surface area contributed by atoms with Crippen LogP contribution in [-0.2, 0) is 13.5 Å². The fourth-order valence-corrected chi connectivity index (χ4v) is 1.94. The summed E-state index contributed by atoms with van der Waals surface area (Å²) in [7, 11) is 3.41. The van der Waals surface area contributed by atoms with E-state index in [0.717, 1.165) is 5.69 Å². The fraction of sp³-hybridized carbons (Fsp3) is 0.308. The second-order valence-corrected chi connectivity index (χ2v) is 4.26. The molecular weight excluding hydrogens is 242 g/mol. The second-order valence-electron chi connectivity index (χ2n) is 4.26. The van der Waals surface area contributed by atoms with Gasteiger partial charge in [0, 0.05) is 20.3 Å². The number of hydrogen-bond acceptors (Lipinski definition) is 4. The van der Waals surface area contributed by atoms with Crippen LogP contribution in [0.15, 0.2) is 24.5 Å². The fourth-order valence-electron chi connectivity index (χ4n) is 1.94. The number of pyridine rings is 1. The first-order valence-electron chi connectivity index (χ1n) is 6.05. The molecule has 0 radical (unpaired) electrons. The van der Waals surface area contributed by atoms with Crippen LogP contribution in [0.2, 0.25) is 0 Å². The van der Waals surface area contributed by atoms with E-state index in [1.165, 1.54) is 9.58 Å². The highest BCUT2D eigenvalue weighted by Crippen LogP contribution is 2.21. The summed E-state index contributed by atoms with van der Waals surface area (Å²) >= 11 is 0. The third-order valence-electron chi connectivity index (χ3n) is 3.04. The Morgan fingerprint density at radius 1 is 1.53 bits per heavy atom. The van der Waals surface area contributed by atoms with Gasteiger partial charge in [0.1, 0.15) is 5.69 Å². The quantitative estimate of drug-likeness (QED) is 0.899. The van der Waals surface area contributed by atoms with Crippen molar-refractivity contribution in [3.05, 3.63) is 35.9 Å². The molecule has 0 bridgehead atoms. The topological polar surface area (TPSA) is 77.0 Å². The normalized spacial score (nSPS) is 10.5. The molecule has 1 amide bonds. The standard InChI is InChI=1S/C13H17N5O/c1-4-10-11(14)12(18(3)16-10)13(19)17(2)9-6-5-7-15-8-9/h5-8H,4,14H2,1-3H3. The van der Waals surface area contributed by atoms with Gasteiger partial charge in [-0.15, -0.1) is 0 Å². The lowest BCUT2D eigenvalue weighted by Crippen LogP contribution is -2.29. The highest BCUT2D eigenvalue weighted by atomic mass is 16.2. The zero-order valence-corrected chi connectivity index (χ0v) is 11.3. The number of amides is 1. The summed E-state index contributed by atoms with van der Waals surface area (Å²) in [5.74, 6) is -0.194. The number of carbonyl (C=O) groups is 1. The van der Waals surface area contributed by atoms with Crippen LogP contribution in [0.1, 0.15) is 23.1 Å². The zero-order valence-electron chi connectivity index (χ0n) is 11.3. The number of aromatic nitrogens is 3. The van der Waals surface area contributed by atoms with Crippen molar-refractivity contribution in [2.75, 3.05) is 17.7 Å². The molecule has 0 aliphatic carbocycles. The van der Waals surface area contributed by atoms with Crippen molar-refractivity contribution in [1.29, 1.82) is 0 Å². The molecule has 0 aromatic carbocycles. The maximum Gasteiger partial charge on any atom is 0.278 e. The highest BCUT2D eigenvalue weighted by molar-refractivity contribution is 6.08. The lowest BCUT2D eigenvalue weighted by atomic mass is 10.2. The molecule has 6 nitrogen and oxygen atoms in total. The number of anilines is 2. The van der Waals surface area contributed by atoms with Gasteiger partial charge >= 0.3 is 0 Å². The molecule has 0 fully saturated rings. The van der Waals surface area contributed by atoms with Crippen molar-refractivity contribution in [1.82, 2.24) is 14.8 Å². The predicted octanol–water partition coefficient (Wildman–Crippen LogP) is 1.24. The SMILES string of the molecule is CCc1nn(C)c(C(=O)N(C)c2cccnc2)c1N.